The Labute approximate surface area is 149 Å². The lowest BCUT2D eigenvalue weighted by atomic mass is 9.92. The Morgan fingerprint density at radius 3 is 2.48 bits per heavy atom. The molecule has 0 N–H and O–H groups in total. The van der Waals surface area contributed by atoms with E-state index in [2.05, 4.69) is 42.5 Å². The third-order valence-corrected chi connectivity index (χ3v) is 4.23. The number of hydrogen-bond acceptors (Lipinski definition) is 2. The molecule has 1 atom stereocenters. The molecule has 0 aliphatic carbocycles. The number of carbonyl (C=O) groups excluding carboxylic acids is 1. The van der Waals surface area contributed by atoms with Crippen LogP contribution < -0.4 is 0 Å². The van der Waals surface area contributed by atoms with Crippen molar-refractivity contribution in [1.82, 2.24) is 4.90 Å². The van der Waals surface area contributed by atoms with E-state index in [-0.39, 0.29) is 12.1 Å². The highest BCUT2D eigenvalue weighted by Crippen LogP contribution is 2.32. The molecule has 3 nitrogen and oxygen atoms in total. The van der Waals surface area contributed by atoms with Crippen LogP contribution in [0.4, 0.5) is 4.79 Å². The van der Waals surface area contributed by atoms with Crippen molar-refractivity contribution in [3.05, 3.63) is 77.4 Å². The van der Waals surface area contributed by atoms with Gasteiger partial charge in [-0.25, -0.2) is 4.79 Å². The summed E-state index contributed by atoms with van der Waals surface area (Å²) >= 11 is 0. The van der Waals surface area contributed by atoms with Gasteiger partial charge in [0, 0.05) is 6.54 Å². The summed E-state index contributed by atoms with van der Waals surface area (Å²) < 4.78 is 5.63. The summed E-state index contributed by atoms with van der Waals surface area (Å²) in [5.41, 5.74) is 3.09. The predicted octanol–water partition coefficient (Wildman–Crippen LogP) is 5.23. The zero-order chi connectivity index (χ0) is 17.9. The maximum Gasteiger partial charge on any atom is 0.411 e. The van der Waals surface area contributed by atoms with Crippen LogP contribution in [0.3, 0.4) is 0 Å². The van der Waals surface area contributed by atoms with Gasteiger partial charge in [-0.1, -0.05) is 66.7 Å². The lowest BCUT2D eigenvalue weighted by Gasteiger charge is -2.36. The highest BCUT2D eigenvalue weighted by Gasteiger charge is 2.31. The topological polar surface area (TPSA) is 29.5 Å². The number of benzene rings is 2. The Hall–Kier alpha value is -2.55. The van der Waals surface area contributed by atoms with E-state index in [0.717, 1.165) is 12.0 Å². The van der Waals surface area contributed by atoms with Crippen molar-refractivity contribution in [2.45, 2.75) is 38.8 Å². The molecule has 0 radical (unpaired) electrons. The summed E-state index contributed by atoms with van der Waals surface area (Å²) in [4.78, 5) is 14.5. The van der Waals surface area contributed by atoms with E-state index in [1.807, 2.05) is 49.9 Å². The van der Waals surface area contributed by atoms with Gasteiger partial charge in [0.2, 0.25) is 0 Å². The first-order valence-electron chi connectivity index (χ1n) is 8.75. The average molecular weight is 335 g/mol. The van der Waals surface area contributed by atoms with Gasteiger partial charge in [-0.15, -0.1) is 0 Å². The van der Waals surface area contributed by atoms with Crippen LogP contribution >= 0.6 is 0 Å². The first-order chi connectivity index (χ1) is 11.9. The first-order valence-corrected chi connectivity index (χ1v) is 8.75. The summed E-state index contributed by atoms with van der Waals surface area (Å²) in [5.74, 6) is 0. The van der Waals surface area contributed by atoms with Gasteiger partial charge in [0.05, 0.1) is 6.04 Å². The molecule has 0 bridgehead atoms. The zero-order valence-corrected chi connectivity index (χ0v) is 15.1. The Balaban J connectivity index is 1.92. The molecular formula is C22H25NO2. The third-order valence-electron chi connectivity index (χ3n) is 4.23. The Morgan fingerprint density at radius 1 is 1.08 bits per heavy atom. The molecule has 0 spiro atoms. The summed E-state index contributed by atoms with van der Waals surface area (Å²) in [6.45, 7) is 6.36. The van der Waals surface area contributed by atoms with E-state index in [4.69, 9.17) is 4.74 Å². The number of fused-ring (bicyclic) bond motifs is 1. The number of hydrogen-bond donors (Lipinski definition) is 0. The van der Waals surface area contributed by atoms with Crippen molar-refractivity contribution >= 4 is 12.2 Å². The maximum absolute atomic E-state index is 12.7. The Kier molecular flexibility index (Phi) is 4.93. The van der Waals surface area contributed by atoms with Crippen LogP contribution in [0.2, 0.25) is 0 Å². The smallest absolute Gasteiger partial charge is 0.411 e. The van der Waals surface area contributed by atoms with Crippen molar-refractivity contribution < 1.29 is 9.53 Å². The highest BCUT2D eigenvalue weighted by molar-refractivity contribution is 5.70. The number of ether oxygens (including phenoxy) is 1. The summed E-state index contributed by atoms with van der Waals surface area (Å²) in [6.07, 6.45) is 4.76. The second-order valence-electron chi connectivity index (χ2n) is 7.34. The van der Waals surface area contributed by atoms with Crippen LogP contribution in [0.1, 0.15) is 43.5 Å². The number of nitrogens with zero attached hydrogens (tertiary/aromatic N) is 1. The molecule has 0 unspecified atom stereocenters. The molecule has 3 rings (SSSR count). The van der Waals surface area contributed by atoms with Gasteiger partial charge >= 0.3 is 6.09 Å². The molecule has 3 heteroatoms. The van der Waals surface area contributed by atoms with Crippen molar-refractivity contribution in [2.75, 3.05) is 6.54 Å². The van der Waals surface area contributed by atoms with E-state index < -0.39 is 5.60 Å². The van der Waals surface area contributed by atoms with E-state index in [1.165, 1.54) is 11.1 Å². The molecule has 1 aliphatic heterocycles. The molecule has 1 amide bonds. The van der Waals surface area contributed by atoms with Crippen LogP contribution in [0.5, 0.6) is 0 Å². The predicted molar refractivity (Wildman–Crippen MR) is 101 cm³/mol. The fourth-order valence-electron chi connectivity index (χ4n) is 3.10. The molecule has 1 heterocycles. The van der Waals surface area contributed by atoms with Crippen LogP contribution in [0, 0.1) is 0 Å². The minimum atomic E-state index is -0.498. The van der Waals surface area contributed by atoms with E-state index in [0.29, 0.717) is 6.54 Å². The second kappa shape index (κ2) is 7.14. The molecule has 130 valence electrons. The van der Waals surface area contributed by atoms with Crippen LogP contribution in [0.25, 0.3) is 6.08 Å². The minimum absolute atomic E-state index is 0.111. The van der Waals surface area contributed by atoms with Gasteiger partial charge in [0.15, 0.2) is 0 Å². The minimum Gasteiger partial charge on any atom is -0.444 e. The Morgan fingerprint density at radius 2 is 1.76 bits per heavy atom. The molecule has 0 saturated carbocycles. The van der Waals surface area contributed by atoms with Gasteiger partial charge in [0.25, 0.3) is 0 Å². The molecular weight excluding hydrogens is 310 g/mol. The van der Waals surface area contributed by atoms with Crippen LogP contribution in [-0.2, 0) is 11.2 Å². The van der Waals surface area contributed by atoms with Gasteiger partial charge in [-0.2, -0.15) is 0 Å². The number of amides is 1. The lowest BCUT2D eigenvalue weighted by Crippen LogP contribution is -2.42. The molecule has 2 aromatic carbocycles. The molecule has 0 aromatic heterocycles. The second-order valence-corrected chi connectivity index (χ2v) is 7.34. The molecule has 2 aromatic rings. The molecule has 0 fully saturated rings. The van der Waals surface area contributed by atoms with Gasteiger partial charge in [-0.3, -0.25) is 4.90 Å². The quantitative estimate of drug-likeness (QED) is 0.751. The van der Waals surface area contributed by atoms with Gasteiger partial charge in [-0.05, 0) is 43.9 Å². The summed E-state index contributed by atoms with van der Waals surface area (Å²) in [5, 5.41) is 0. The van der Waals surface area contributed by atoms with E-state index >= 15 is 0 Å². The Bertz CT molecular complexity index is 759. The molecule has 0 saturated heterocycles. The van der Waals surface area contributed by atoms with Gasteiger partial charge in [0.1, 0.15) is 5.60 Å². The van der Waals surface area contributed by atoms with Crippen molar-refractivity contribution in [3.8, 4) is 0 Å². The van der Waals surface area contributed by atoms with E-state index in [1.54, 1.807) is 0 Å². The SMILES string of the molecule is CC(C)(C)OC(=O)N1CCc2ccccc2[C@H]1/C=C/c1ccccc1. The maximum atomic E-state index is 12.7. The molecule has 25 heavy (non-hydrogen) atoms. The van der Waals surface area contributed by atoms with Crippen molar-refractivity contribution in [1.29, 1.82) is 0 Å². The summed E-state index contributed by atoms with van der Waals surface area (Å²) in [6, 6.07) is 18.4. The van der Waals surface area contributed by atoms with Crippen LogP contribution in [0.15, 0.2) is 60.7 Å². The van der Waals surface area contributed by atoms with Crippen molar-refractivity contribution in [3.63, 3.8) is 0 Å². The summed E-state index contributed by atoms with van der Waals surface area (Å²) in [7, 11) is 0. The third kappa shape index (κ3) is 4.30. The fourth-order valence-corrected chi connectivity index (χ4v) is 3.10. The zero-order valence-electron chi connectivity index (χ0n) is 15.1. The first kappa shape index (κ1) is 17.3. The number of carbonyl (C=O) groups is 1. The molecule has 1 aliphatic rings. The van der Waals surface area contributed by atoms with E-state index in [9.17, 15) is 4.79 Å². The fraction of sp³-hybridized carbons (Fsp3) is 0.318. The lowest BCUT2D eigenvalue weighted by molar-refractivity contribution is 0.0185. The standard InChI is InChI=1S/C22H25NO2/c1-22(2,3)25-21(24)23-16-15-18-11-7-8-12-19(18)20(23)14-13-17-9-5-4-6-10-17/h4-14,20H,15-16H2,1-3H3/b14-13+/t20-/m1/s1. The highest BCUT2D eigenvalue weighted by atomic mass is 16.6. The average Bonchev–Trinajstić information content (AvgIpc) is 2.59. The number of rotatable bonds is 2. The van der Waals surface area contributed by atoms with Gasteiger partial charge < -0.3 is 4.74 Å². The largest absolute Gasteiger partial charge is 0.444 e. The van der Waals surface area contributed by atoms with Crippen molar-refractivity contribution in [2.24, 2.45) is 0 Å². The monoisotopic (exact) mass is 335 g/mol. The van der Waals surface area contributed by atoms with Crippen LogP contribution in [-0.4, -0.2) is 23.1 Å². The normalized spacial score (nSPS) is 17.4.